The SMILES string of the molecule is C[C@]12C=CC(=O)C=C1CC[C@@H]1[C@H]2[C@@H](O)C[C@@]2(C)[C@H]1CC[C@@]2(O)C(=O)COC(=O)CCC(=O)NCc1ccc(C(=O)O)cc1. The molecule has 0 spiro atoms. The Morgan fingerprint density at radius 1 is 1.07 bits per heavy atom. The van der Waals surface area contributed by atoms with Crippen LogP contribution < -0.4 is 5.32 Å². The van der Waals surface area contributed by atoms with Gasteiger partial charge in [-0.25, -0.2) is 4.79 Å². The number of fused-ring (bicyclic) bond motifs is 5. The fourth-order valence-corrected chi connectivity index (χ4v) is 8.40. The highest BCUT2D eigenvalue weighted by Crippen LogP contribution is 2.67. The maximum Gasteiger partial charge on any atom is 0.335 e. The van der Waals surface area contributed by atoms with Crippen molar-refractivity contribution < 1.29 is 44.0 Å². The van der Waals surface area contributed by atoms with Crippen molar-refractivity contribution in [1.29, 1.82) is 0 Å². The van der Waals surface area contributed by atoms with Gasteiger partial charge in [0.1, 0.15) is 5.60 Å². The third-order valence-corrected chi connectivity index (χ3v) is 10.7. The van der Waals surface area contributed by atoms with Crippen LogP contribution >= 0.6 is 0 Å². The Labute approximate surface area is 250 Å². The molecule has 4 aliphatic carbocycles. The molecule has 0 bridgehead atoms. The van der Waals surface area contributed by atoms with Crippen molar-refractivity contribution in [2.24, 2.45) is 28.6 Å². The summed E-state index contributed by atoms with van der Waals surface area (Å²) in [4.78, 5) is 60.9. The first-order chi connectivity index (χ1) is 20.3. The first kappa shape index (κ1) is 30.8. The quantitative estimate of drug-likeness (QED) is 0.315. The Morgan fingerprint density at radius 3 is 2.49 bits per heavy atom. The van der Waals surface area contributed by atoms with Gasteiger partial charge in [-0.3, -0.25) is 19.2 Å². The molecule has 1 aromatic rings. The molecule has 43 heavy (non-hydrogen) atoms. The number of nitrogens with one attached hydrogen (secondary N) is 1. The van der Waals surface area contributed by atoms with E-state index in [2.05, 4.69) is 12.2 Å². The number of amides is 1. The average molecular weight is 594 g/mol. The third-order valence-electron chi connectivity index (χ3n) is 10.7. The average Bonchev–Trinajstić information content (AvgIpc) is 3.24. The molecule has 3 saturated carbocycles. The summed E-state index contributed by atoms with van der Waals surface area (Å²) in [7, 11) is 0. The van der Waals surface area contributed by atoms with E-state index in [1.807, 2.05) is 13.0 Å². The highest BCUT2D eigenvalue weighted by molar-refractivity contribution is 6.01. The minimum absolute atomic E-state index is 0.0148. The molecule has 10 heteroatoms. The van der Waals surface area contributed by atoms with Gasteiger partial charge in [0.05, 0.1) is 18.1 Å². The van der Waals surface area contributed by atoms with E-state index in [0.717, 1.165) is 18.4 Å². The van der Waals surface area contributed by atoms with Gasteiger partial charge in [0.2, 0.25) is 11.7 Å². The zero-order chi connectivity index (χ0) is 31.2. The third kappa shape index (κ3) is 5.47. The number of allylic oxidation sites excluding steroid dienone is 4. The standard InChI is InChI=1S/C33H39NO9/c1-31-13-11-22(35)15-21(31)7-8-23-24-12-14-33(42,32(24,2)16-25(36)29(23)31)26(37)18-43-28(39)10-9-27(38)34-17-19-3-5-20(6-4-19)30(40)41/h3-6,11,13,15,23-25,29,36,42H,7-10,12,14,16-18H2,1-2H3,(H,34,38)(H,40,41)/t23-,24-,25-,29-,31-,32-,33+/m0/s1. The first-order valence-corrected chi connectivity index (χ1v) is 14.9. The lowest BCUT2D eigenvalue weighted by atomic mass is 9.46. The summed E-state index contributed by atoms with van der Waals surface area (Å²) < 4.78 is 5.19. The number of hydrogen-bond acceptors (Lipinski definition) is 8. The van der Waals surface area contributed by atoms with E-state index in [4.69, 9.17) is 9.84 Å². The van der Waals surface area contributed by atoms with Gasteiger partial charge in [0.25, 0.3) is 0 Å². The number of carbonyl (C=O) groups is 5. The molecule has 4 N–H and O–H groups in total. The normalized spacial score (nSPS) is 34.3. The number of carboxylic acids is 1. The van der Waals surface area contributed by atoms with Crippen molar-refractivity contribution >= 4 is 29.4 Å². The number of carboxylic acid groups (broad SMARTS) is 1. The van der Waals surface area contributed by atoms with E-state index < -0.39 is 52.8 Å². The summed E-state index contributed by atoms with van der Waals surface area (Å²) in [6.07, 6.45) is 6.51. The molecule has 0 heterocycles. The van der Waals surface area contributed by atoms with E-state index in [1.165, 1.54) is 12.1 Å². The van der Waals surface area contributed by atoms with Crippen LogP contribution in [0, 0.1) is 28.6 Å². The predicted octanol–water partition coefficient (Wildman–Crippen LogP) is 2.90. The molecule has 1 aromatic carbocycles. The molecule has 230 valence electrons. The van der Waals surface area contributed by atoms with Gasteiger partial charge in [-0.05, 0) is 73.8 Å². The second-order valence-electron chi connectivity index (χ2n) is 13.0. The number of aromatic carboxylic acids is 1. The van der Waals surface area contributed by atoms with Gasteiger partial charge >= 0.3 is 11.9 Å². The van der Waals surface area contributed by atoms with Crippen molar-refractivity contribution in [3.05, 3.63) is 59.2 Å². The second kappa shape index (κ2) is 11.5. The predicted molar refractivity (Wildman–Crippen MR) is 153 cm³/mol. The number of carbonyl (C=O) groups excluding carboxylic acids is 4. The van der Waals surface area contributed by atoms with E-state index in [1.54, 1.807) is 24.3 Å². The molecule has 3 fully saturated rings. The summed E-state index contributed by atoms with van der Waals surface area (Å²) in [5.74, 6) is -2.90. The number of hydrogen-bond donors (Lipinski definition) is 4. The van der Waals surface area contributed by atoms with Gasteiger partial charge in [-0.15, -0.1) is 0 Å². The lowest BCUT2D eigenvalue weighted by Crippen LogP contribution is -2.61. The molecule has 1 amide bonds. The number of ketones is 2. The number of Topliss-reactive ketones (excluding diaryl/α,β-unsaturated/α-hetero) is 1. The summed E-state index contributed by atoms with van der Waals surface area (Å²) in [6, 6.07) is 6.05. The number of ether oxygens (including phenoxy) is 1. The molecule has 0 unspecified atom stereocenters. The summed E-state index contributed by atoms with van der Waals surface area (Å²) in [6.45, 7) is 3.47. The van der Waals surface area contributed by atoms with Crippen LogP contribution in [0.1, 0.15) is 74.7 Å². The van der Waals surface area contributed by atoms with Crippen LogP contribution in [0.25, 0.3) is 0 Å². The highest BCUT2D eigenvalue weighted by atomic mass is 16.5. The van der Waals surface area contributed by atoms with Crippen LogP contribution in [0.4, 0.5) is 0 Å². The van der Waals surface area contributed by atoms with Crippen molar-refractivity contribution in [2.75, 3.05) is 6.61 Å². The molecular weight excluding hydrogens is 554 g/mol. The van der Waals surface area contributed by atoms with Crippen LogP contribution in [0.2, 0.25) is 0 Å². The maximum atomic E-state index is 13.4. The lowest BCUT2D eigenvalue weighted by molar-refractivity contribution is -0.181. The minimum atomic E-state index is -1.76. The van der Waals surface area contributed by atoms with E-state index in [-0.39, 0.29) is 61.3 Å². The Bertz CT molecular complexity index is 1400. The monoisotopic (exact) mass is 593 g/mol. The zero-order valence-electron chi connectivity index (χ0n) is 24.5. The van der Waals surface area contributed by atoms with Gasteiger partial charge in [0, 0.05) is 29.7 Å². The summed E-state index contributed by atoms with van der Waals surface area (Å²) in [5.41, 5.74) is -1.24. The Balaban J connectivity index is 1.14. The second-order valence-corrected chi connectivity index (χ2v) is 13.0. The summed E-state index contributed by atoms with van der Waals surface area (Å²) in [5, 5.41) is 34.9. The lowest BCUT2D eigenvalue weighted by Gasteiger charge is -2.59. The molecule has 4 aliphatic rings. The largest absolute Gasteiger partial charge is 0.478 e. The van der Waals surface area contributed by atoms with Gasteiger partial charge in [-0.1, -0.05) is 37.6 Å². The molecule has 10 nitrogen and oxygen atoms in total. The van der Waals surface area contributed by atoms with Crippen molar-refractivity contribution in [2.45, 2.75) is 77.0 Å². The fraction of sp³-hybridized carbons (Fsp3) is 0.545. The van der Waals surface area contributed by atoms with Crippen LogP contribution in [-0.4, -0.2) is 63.0 Å². The van der Waals surface area contributed by atoms with E-state index >= 15 is 0 Å². The summed E-state index contributed by atoms with van der Waals surface area (Å²) >= 11 is 0. The van der Waals surface area contributed by atoms with E-state index in [9.17, 15) is 34.2 Å². The molecule has 0 saturated heterocycles. The number of benzene rings is 1. The molecule has 0 aromatic heterocycles. The van der Waals surface area contributed by atoms with Crippen molar-refractivity contribution in [3.8, 4) is 0 Å². The van der Waals surface area contributed by atoms with Crippen molar-refractivity contribution in [3.63, 3.8) is 0 Å². The topological polar surface area (TPSA) is 167 Å². The van der Waals surface area contributed by atoms with Crippen molar-refractivity contribution in [1.82, 2.24) is 5.32 Å². The number of esters is 1. The molecule has 0 aliphatic heterocycles. The van der Waals surface area contributed by atoms with E-state index in [0.29, 0.717) is 12.0 Å². The van der Waals surface area contributed by atoms with Crippen LogP contribution in [0.15, 0.2) is 48.1 Å². The van der Waals surface area contributed by atoms with Gasteiger partial charge < -0.3 is 25.4 Å². The fourth-order valence-electron chi connectivity index (χ4n) is 8.40. The maximum absolute atomic E-state index is 13.4. The van der Waals surface area contributed by atoms with Gasteiger partial charge in [0.15, 0.2) is 12.4 Å². The highest BCUT2D eigenvalue weighted by Gasteiger charge is 2.68. The molecule has 0 radical (unpaired) electrons. The number of aliphatic hydroxyl groups is 2. The number of rotatable bonds is 9. The molecular formula is C33H39NO9. The van der Waals surface area contributed by atoms with Crippen LogP contribution in [0.5, 0.6) is 0 Å². The van der Waals surface area contributed by atoms with Gasteiger partial charge in [-0.2, -0.15) is 0 Å². The minimum Gasteiger partial charge on any atom is -0.478 e. The van der Waals surface area contributed by atoms with Crippen LogP contribution in [-0.2, 0) is 30.5 Å². The number of aliphatic hydroxyl groups excluding tert-OH is 1. The Kier molecular flexibility index (Phi) is 8.22. The Hall–Kier alpha value is -3.63. The smallest absolute Gasteiger partial charge is 0.335 e. The first-order valence-electron chi connectivity index (χ1n) is 14.9. The zero-order valence-corrected chi connectivity index (χ0v) is 24.5. The van der Waals surface area contributed by atoms with Crippen LogP contribution in [0.3, 0.4) is 0 Å². The molecule has 7 atom stereocenters. The Morgan fingerprint density at radius 2 is 1.79 bits per heavy atom. The molecule has 5 rings (SSSR count).